The number of hydrogen-bond acceptors (Lipinski definition) is 4. The lowest BCUT2D eigenvalue weighted by molar-refractivity contribution is 0.104. The lowest BCUT2D eigenvalue weighted by atomic mass is 10.1. The van der Waals surface area contributed by atoms with Crippen molar-refractivity contribution in [2.45, 2.75) is 6.61 Å². The van der Waals surface area contributed by atoms with E-state index in [1.165, 1.54) is 12.1 Å². The van der Waals surface area contributed by atoms with Crippen LogP contribution >= 0.6 is 0 Å². The van der Waals surface area contributed by atoms with Gasteiger partial charge in [-0.2, -0.15) is 0 Å². The fourth-order valence-corrected chi connectivity index (χ4v) is 2.77. The first-order valence-corrected chi connectivity index (χ1v) is 9.06. The lowest BCUT2D eigenvalue weighted by Gasteiger charge is -2.05. The molecular formula is C23H16F2N2O3. The molecule has 2 aromatic heterocycles. The Morgan fingerprint density at radius 3 is 2.67 bits per heavy atom. The Kier molecular flexibility index (Phi) is 5.52. The van der Waals surface area contributed by atoms with Gasteiger partial charge < -0.3 is 13.7 Å². The number of rotatable bonds is 7. The molecule has 0 N–H and O–H groups in total. The largest absolute Gasteiger partial charge is 0.483 e. The van der Waals surface area contributed by atoms with Gasteiger partial charge >= 0.3 is 0 Å². The third-order valence-corrected chi connectivity index (χ3v) is 4.30. The second kappa shape index (κ2) is 8.57. The monoisotopic (exact) mass is 406 g/mol. The highest BCUT2D eigenvalue weighted by molar-refractivity contribution is 6.06. The molecule has 0 atom stereocenters. The summed E-state index contributed by atoms with van der Waals surface area (Å²) < 4.78 is 39.2. The topological polar surface area (TPSA) is 57.3 Å². The second-order valence-electron chi connectivity index (χ2n) is 6.38. The second-order valence-corrected chi connectivity index (χ2v) is 6.38. The zero-order valence-electron chi connectivity index (χ0n) is 15.7. The van der Waals surface area contributed by atoms with Gasteiger partial charge in [-0.05, 0) is 60.7 Å². The van der Waals surface area contributed by atoms with Crippen molar-refractivity contribution in [3.63, 3.8) is 0 Å². The molecule has 0 aliphatic rings. The van der Waals surface area contributed by atoms with E-state index in [0.717, 1.165) is 17.8 Å². The summed E-state index contributed by atoms with van der Waals surface area (Å²) in [5, 5.41) is 0. The summed E-state index contributed by atoms with van der Waals surface area (Å²) in [5.74, 6) is -0.807. The molecule has 0 unspecified atom stereocenters. The summed E-state index contributed by atoms with van der Waals surface area (Å²) in [4.78, 5) is 16.3. The molecule has 5 nitrogen and oxygen atoms in total. The Labute approximate surface area is 170 Å². The van der Waals surface area contributed by atoms with Gasteiger partial charge in [0.05, 0.1) is 6.33 Å². The number of hydrogen-bond donors (Lipinski definition) is 0. The predicted molar refractivity (Wildman–Crippen MR) is 106 cm³/mol. The fourth-order valence-electron chi connectivity index (χ4n) is 2.77. The molecule has 4 aromatic rings. The van der Waals surface area contributed by atoms with Crippen molar-refractivity contribution >= 4 is 11.9 Å². The van der Waals surface area contributed by atoms with Crippen molar-refractivity contribution in [3.8, 4) is 11.4 Å². The molecule has 7 heteroatoms. The number of furan rings is 1. The number of aromatic nitrogens is 2. The maximum Gasteiger partial charge on any atom is 0.185 e. The predicted octanol–water partition coefficient (Wildman–Crippen LogP) is 5.22. The van der Waals surface area contributed by atoms with Gasteiger partial charge in [0.15, 0.2) is 17.3 Å². The number of benzene rings is 2. The Balaban J connectivity index is 1.36. The highest BCUT2D eigenvalue weighted by Crippen LogP contribution is 2.20. The van der Waals surface area contributed by atoms with Crippen LogP contribution in [-0.2, 0) is 6.61 Å². The smallest absolute Gasteiger partial charge is 0.185 e. The normalized spacial score (nSPS) is 11.1. The van der Waals surface area contributed by atoms with Crippen LogP contribution in [0, 0.1) is 11.6 Å². The van der Waals surface area contributed by atoms with Gasteiger partial charge in [0, 0.05) is 29.7 Å². The third-order valence-electron chi connectivity index (χ3n) is 4.30. The van der Waals surface area contributed by atoms with Gasteiger partial charge in [-0.1, -0.05) is 0 Å². The maximum atomic E-state index is 13.6. The average molecular weight is 406 g/mol. The summed E-state index contributed by atoms with van der Waals surface area (Å²) in [6, 6.07) is 13.5. The van der Waals surface area contributed by atoms with Crippen LogP contribution in [0.15, 0.2) is 83.8 Å². The number of carbonyl (C=O) groups is 1. The van der Waals surface area contributed by atoms with E-state index in [0.29, 0.717) is 17.1 Å². The van der Waals surface area contributed by atoms with E-state index in [2.05, 4.69) is 4.98 Å². The van der Waals surface area contributed by atoms with Gasteiger partial charge in [0.25, 0.3) is 0 Å². The maximum absolute atomic E-state index is 13.6. The zero-order chi connectivity index (χ0) is 20.9. The van der Waals surface area contributed by atoms with Crippen molar-refractivity contribution in [3.05, 3.63) is 108 Å². The standard InChI is InChI=1S/C23H16F2N2O3/c24-17-3-10-23(21(25)13-17)29-14-20-7-6-19(30-20)8-9-22(28)16-1-4-18(5-2-16)27-12-11-26-15-27/h1-13,15H,14H2/b9-8+. The SMILES string of the molecule is O=C(/C=C/c1ccc(COc2ccc(F)cc2F)o1)c1ccc(-n2ccnc2)cc1. The number of allylic oxidation sites excluding steroid dienone is 1. The molecule has 4 rings (SSSR count). The van der Waals surface area contributed by atoms with Crippen molar-refractivity contribution in [1.29, 1.82) is 0 Å². The molecule has 0 saturated carbocycles. The lowest BCUT2D eigenvalue weighted by Crippen LogP contribution is -1.96. The van der Waals surface area contributed by atoms with Crippen LogP contribution in [0.5, 0.6) is 5.75 Å². The van der Waals surface area contributed by atoms with Gasteiger partial charge in [0.1, 0.15) is 23.9 Å². The molecule has 0 bridgehead atoms. The minimum atomic E-state index is -0.786. The number of imidazole rings is 1. The number of nitrogens with zero attached hydrogens (tertiary/aromatic N) is 2. The summed E-state index contributed by atoms with van der Waals surface area (Å²) >= 11 is 0. The van der Waals surface area contributed by atoms with Crippen LogP contribution < -0.4 is 4.74 Å². The Bertz CT molecular complexity index is 1180. The molecule has 0 aliphatic carbocycles. The molecule has 0 spiro atoms. The highest BCUT2D eigenvalue weighted by atomic mass is 19.1. The van der Waals surface area contributed by atoms with E-state index in [1.807, 2.05) is 22.9 Å². The molecule has 2 heterocycles. The molecule has 0 amide bonds. The number of halogens is 2. The summed E-state index contributed by atoms with van der Waals surface area (Å²) in [6.07, 6.45) is 8.14. The minimum Gasteiger partial charge on any atom is -0.483 e. The average Bonchev–Trinajstić information content (AvgIpc) is 3.44. The van der Waals surface area contributed by atoms with E-state index in [1.54, 1.807) is 42.9 Å². The quantitative estimate of drug-likeness (QED) is 0.312. The van der Waals surface area contributed by atoms with E-state index in [-0.39, 0.29) is 18.1 Å². The molecular weight excluding hydrogens is 390 g/mol. The fraction of sp³-hybridized carbons (Fsp3) is 0.0435. The van der Waals surface area contributed by atoms with Crippen LogP contribution in [0.25, 0.3) is 11.8 Å². The first-order chi connectivity index (χ1) is 14.6. The summed E-state index contributed by atoms with van der Waals surface area (Å²) in [6.45, 7) is -0.0277. The van der Waals surface area contributed by atoms with Crippen LogP contribution in [0.2, 0.25) is 0 Å². The first kappa shape index (κ1) is 19.3. The van der Waals surface area contributed by atoms with E-state index >= 15 is 0 Å². The third kappa shape index (κ3) is 4.52. The molecule has 0 fully saturated rings. The molecule has 0 saturated heterocycles. The zero-order valence-corrected chi connectivity index (χ0v) is 15.7. The van der Waals surface area contributed by atoms with Crippen LogP contribution in [0.1, 0.15) is 21.9 Å². The van der Waals surface area contributed by atoms with Crippen LogP contribution in [-0.4, -0.2) is 15.3 Å². The summed E-state index contributed by atoms with van der Waals surface area (Å²) in [5.41, 5.74) is 1.44. The molecule has 0 radical (unpaired) electrons. The van der Waals surface area contributed by atoms with Crippen molar-refractivity contribution < 1.29 is 22.7 Å². The molecule has 2 aromatic carbocycles. The molecule has 150 valence electrons. The Hall–Kier alpha value is -4.00. The summed E-state index contributed by atoms with van der Waals surface area (Å²) in [7, 11) is 0. The van der Waals surface area contributed by atoms with Crippen molar-refractivity contribution in [2.24, 2.45) is 0 Å². The van der Waals surface area contributed by atoms with E-state index in [9.17, 15) is 13.6 Å². The Morgan fingerprint density at radius 1 is 1.10 bits per heavy atom. The van der Waals surface area contributed by atoms with E-state index in [4.69, 9.17) is 9.15 Å². The van der Waals surface area contributed by atoms with Crippen molar-refractivity contribution in [2.75, 3.05) is 0 Å². The first-order valence-electron chi connectivity index (χ1n) is 9.06. The van der Waals surface area contributed by atoms with E-state index < -0.39 is 11.6 Å². The van der Waals surface area contributed by atoms with Gasteiger partial charge in [-0.15, -0.1) is 0 Å². The number of carbonyl (C=O) groups excluding carboxylic acids is 1. The molecule has 0 aliphatic heterocycles. The van der Waals surface area contributed by atoms with Crippen LogP contribution in [0.4, 0.5) is 8.78 Å². The van der Waals surface area contributed by atoms with Gasteiger partial charge in [-0.25, -0.2) is 13.8 Å². The van der Waals surface area contributed by atoms with Crippen molar-refractivity contribution in [1.82, 2.24) is 9.55 Å². The van der Waals surface area contributed by atoms with Crippen LogP contribution in [0.3, 0.4) is 0 Å². The highest BCUT2D eigenvalue weighted by Gasteiger charge is 2.08. The number of ether oxygens (including phenoxy) is 1. The van der Waals surface area contributed by atoms with Gasteiger partial charge in [0.2, 0.25) is 0 Å². The van der Waals surface area contributed by atoms with Gasteiger partial charge in [-0.3, -0.25) is 4.79 Å². The minimum absolute atomic E-state index is 0.0277. The Morgan fingerprint density at radius 2 is 1.93 bits per heavy atom. The molecule has 30 heavy (non-hydrogen) atoms. The number of ketones is 1.